The van der Waals surface area contributed by atoms with Crippen molar-refractivity contribution in [3.8, 4) is 0 Å². The van der Waals surface area contributed by atoms with Gasteiger partial charge in [-0.05, 0) is 0 Å². The number of carboxylic acid groups (broad SMARTS) is 1. The van der Waals surface area contributed by atoms with E-state index in [2.05, 4.69) is 5.32 Å². The van der Waals surface area contributed by atoms with Crippen molar-refractivity contribution in [3.05, 3.63) is 12.3 Å². The van der Waals surface area contributed by atoms with Crippen molar-refractivity contribution in [2.45, 2.75) is 16.3 Å². The Morgan fingerprint density at radius 2 is 1.88 bits per heavy atom. The van der Waals surface area contributed by atoms with Gasteiger partial charge in [0.15, 0.2) is 0 Å². The van der Waals surface area contributed by atoms with Crippen LogP contribution in [0.4, 0.5) is 0 Å². The molecule has 17 heavy (non-hydrogen) atoms. The molecule has 6 nitrogen and oxygen atoms in total. The summed E-state index contributed by atoms with van der Waals surface area (Å²) in [6, 6.07) is -1.24. The van der Waals surface area contributed by atoms with E-state index in [0.29, 0.717) is 0 Å². The number of halogens is 3. The van der Waals surface area contributed by atoms with Crippen molar-refractivity contribution in [1.82, 2.24) is 5.32 Å². The SMILES string of the molecule is NC(=O)CC(N/C=C\C(=O)C(Cl)(Cl)Cl)C(=O)O. The normalized spacial score (nSPS) is 13.4. The number of ketones is 1. The van der Waals surface area contributed by atoms with Gasteiger partial charge in [0, 0.05) is 12.3 Å². The number of carboxylic acids is 1. The topological polar surface area (TPSA) is 109 Å². The van der Waals surface area contributed by atoms with Crippen LogP contribution < -0.4 is 11.1 Å². The number of allylic oxidation sites excluding steroid dienone is 1. The molecule has 0 rings (SSSR count). The largest absolute Gasteiger partial charge is 0.480 e. The lowest BCUT2D eigenvalue weighted by Crippen LogP contribution is -2.37. The number of carbonyl (C=O) groups excluding carboxylic acids is 2. The molecule has 0 aliphatic rings. The molecule has 0 aliphatic heterocycles. The molecular formula is C8H9Cl3N2O4. The van der Waals surface area contributed by atoms with Crippen LogP contribution in [-0.4, -0.2) is 32.6 Å². The molecule has 0 saturated carbocycles. The second kappa shape index (κ2) is 6.68. The van der Waals surface area contributed by atoms with Gasteiger partial charge in [-0.2, -0.15) is 0 Å². The highest BCUT2D eigenvalue weighted by Gasteiger charge is 2.28. The van der Waals surface area contributed by atoms with Gasteiger partial charge < -0.3 is 16.2 Å². The fourth-order valence-electron chi connectivity index (χ4n) is 0.753. The number of nitrogens with one attached hydrogen (secondary N) is 1. The van der Waals surface area contributed by atoms with Crippen LogP contribution in [0, 0.1) is 0 Å². The number of hydrogen-bond acceptors (Lipinski definition) is 4. The fourth-order valence-corrected chi connectivity index (χ4v) is 0.942. The number of aliphatic carboxylic acids is 1. The lowest BCUT2D eigenvalue weighted by atomic mass is 10.2. The lowest BCUT2D eigenvalue weighted by molar-refractivity contribution is -0.140. The van der Waals surface area contributed by atoms with Gasteiger partial charge in [-0.25, -0.2) is 4.79 Å². The molecule has 0 aromatic carbocycles. The number of rotatable bonds is 6. The smallest absolute Gasteiger partial charge is 0.326 e. The summed E-state index contributed by atoms with van der Waals surface area (Å²) in [5.74, 6) is -2.95. The van der Waals surface area contributed by atoms with E-state index in [1.807, 2.05) is 0 Å². The molecule has 0 aromatic heterocycles. The summed E-state index contributed by atoms with van der Waals surface area (Å²) >= 11 is 15.8. The van der Waals surface area contributed by atoms with E-state index in [-0.39, 0.29) is 0 Å². The summed E-state index contributed by atoms with van der Waals surface area (Å²) in [4.78, 5) is 32.3. The van der Waals surface area contributed by atoms with E-state index in [1.54, 1.807) is 0 Å². The maximum atomic E-state index is 11.1. The van der Waals surface area contributed by atoms with Gasteiger partial charge >= 0.3 is 5.97 Å². The standard InChI is InChI=1S/C8H9Cl3N2O4/c9-8(10,11)5(14)1-2-13-4(7(16)17)3-6(12)15/h1-2,4,13H,3H2,(H2,12,15)(H,16,17)/b2-1-. The van der Waals surface area contributed by atoms with E-state index in [9.17, 15) is 14.4 Å². The number of amides is 1. The number of primary amides is 1. The number of nitrogens with two attached hydrogens (primary N) is 1. The molecule has 0 fully saturated rings. The van der Waals surface area contributed by atoms with Gasteiger partial charge in [0.2, 0.25) is 11.7 Å². The summed E-state index contributed by atoms with van der Waals surface area (Å²) in [6.45, 7) is 0. The molecule has 96 valence electrons. The number of hydrogen-bond donors (Lipinski definition) is 3. The van der Waals surface area contributed by atoms with Gasteiger partial charge in [0.25, 0.3) is 3.79 Å². The zero-order chi connectivity index (χ0) is 13.6. The monoisotopic (exact) mass is 302 g/mol. The predicted octanol–water partition coefficient (Wildman–Crippen LogP) is 0.358. The second-order valence-electron chi connectivity index (χ2n) is 2.92. The van der Waals surface area contributed by atoms with Gasteiger partial charge in [-0.1, -0.05) is 34.8 Å². The fraction of sp³-hybridized carbons (Fsp3) is 0.375. The second-order valence-corrected chi connectivity index (χ2v) is 5.20. The first-order chi connectivity index (χ1) is 7.64. The highest BCUT2D eigenvalue weighted by Crippen LogP contribution is 2.27. The van der Waals surface area contributed by atoms with Crippen LogP contribution in [-0.2, 0) is 14.4 Å². The number of alkyl halides is 3. The van der Waals surface area contributed by atoms with Crippen molar-refractivity contribution in [2.75, 3.05) is 0 Å². The molecule has 0 spiro atoms. The Kier molecular flexibility index (Phi) is 6.30. The summed E-state index contributed by atoms with van der Waals surface area (Å²) in [5.41, 5.74) is 4.84. The third-order valence-electron chi connectivity index (χ3n) is 1.51. The Balaban J connectivity index is 4.41. The predicted molar refractivity (Wildman–Crippen MR) is 62.8 cm³/mol. The highest BCUT2D eigenvalue weighted by molar-refractivity contribution is 6.77. The van der Waals surface area contributed by atoms with Gasteiger partial charge in [-0.3, -0.25) is 9.59 Å². The molecule has 0 bridgehead atoms. The molecule has 0 aromatic rings. The average Bonchev–Trinajstić information content (AvgIpc) is 2.13. The average molecular weight is 304 g/mol. The molecule has 0 saturated heterocycles. The Labute approximate surface area is 112 Å². The molecule has 0 aliphatic carbocycles. The molecule has 1 amide bonds. The van der Waals surface area contributed by atoms with E-state index in [4.69, 9.17) is 45.6 Å². The summed E-state index contributed by atoms with van der Waals surface area (Å²) in [5, 5.41) is 11.0. The zero-order valence-electron chi connectivity index (χ0n) is 8.32. The van der Waals surface area contributed by atoms with Crippen LogP contribution in [0.25, 0.3) is 0 Å². The molecule has 1 unspecified atom stereocenters. The van der Waals surface area contributed by atoms with E-state index < -0.39 is 33.9 Å². The summed E-state index contributed by atoms with van der Waals surface area (Å²) < 4.78 is -2.11. The van der Waals surface area contributed by atoms with Crippen LogP contribution >= 0.6 is 34.8 Å². The first kappa shape index (κ1) is 16.0. The minimum atomic E-state index is -2.11. The summed E-state index contributed by atoms with van der Waals surface area (Å²) in [7, 11) is 0. The molecule has 0 heterocycles. The van der Waals surface area contributed by atoms with Crippen LogP contribution in [0.3, 0.4) is 0 Å². The van der Waals surface area contributed by atoms with Crippen molar-refractivity contribution in [3.63, 3.8) is 0 Å². The van der Waals surface area contributed by atoms with Gasteiger partial charge in [0.1, 0.15) is 6.04 Å². The van der Waals surface area contributed by atoms with Crippen LogP contribution in [0.2, 0.25) is 0 Å². The van der Waals surface area contributed by atoms with Crippen molar-refractivity contribution in [1.29, 1.82) is 0 Å². The van der Waals surface area contributed by atoms with Crippen LogP contribution in [0.5, 0.6) is 0 Å². The minimum absolute atomic E-state index is 0.429. The molecule has 9 heteroatoms. The minimum Gasteiger partial charge on any atom is -0.480 e. The highest BCUT2D eigenvalue weighted by atomic mass is 35.6. The van der Waals surface area contributed by atoms with Gasteiger partial charge in [0.05, 0.1) is 6.42 Å². The first-order valence-corrected chi connectivity index (χ1v) is 5.33. The van der Waals surface area contributed by atoms with Crippen molar-refractivity contribution in [2.24, 2.45) is 5.73 Å². The zero-order valence-corrected chi connectivity index (χ0v) is 10.6. The van der Waals surface area contributed by atoms with Crippen molar-refractivity contribution >= 4 is 52.5 Å². The third-order valence-corrected chi connectivity index (χ3v) is 2.07. The Hall–Kier alpha value is -0.980. The maximum Gasteiger partial charge on any atom is 0.326 e. The van der Waals surface area contributed by atoms with E-state index in [0.717, 1.165) is 12.3 Å². The molecule has 1 atom stereocenters. The molecule has 0 radical (unpaired) electrons. The van der Waals surface area contributed by atoms with Gasteiger partial charge in [-0.15, -0.1) is 0 Å². The molecular weight excluding hydrogens is 294 g/mol. The Bertz CT molecular complexity index is 351. The Morgan fingerprint density at radius 1 is 1.35 bits per heavy atom. The quantitative estimate of drug-likeness (QED) is 0.485. The van der Waals surface area contributed by atoms with E-state index >= 15 is 0 Å². The maximum absolute atomic E-state index is 11.1. The molecule has 4 N–H and O–H groups in total. The van der Waals surface area contributed by atoms with Crippen LogP contribution in [0.15, 0.2) is 12.3 Å². The lowest BCUT2D eigenvalue weighted by Gasteiger charge is -2.10. The van der Waals surface area contributed by atoms with Crippen LogP contribution in [0.1, 0.15) is 6.42 Å². The first-order valence-electron chi connectivity index (χ1n) is 4.19. The number of carbonyl (C=O) groups is 3. The van der Waals surface area contributed by atoms with Crippen molar-refractivity contribution < 1.29 is 19.5 Å². The third kappa shape index (κ3) is 7.04. The summed E-state index contributed by atoms with van der Waals surface area (Å²) in [6.07, 6.45) is 1.40. The van der Waals surface area contributed by atoms with E-state index in [1.165, 1.54) is 0 Å². The Morgan fingerprint density at radius 3 is 2.24 bits per heavy atom.